The molecule has 1 nitrogen and oxygen atoms in total. The molecule has 0 amide bonds. The summed E-state index contributed by atoms with van der Waals surface area (Å²) in [6.07, 6.45) is 1.79. The van der Waals surface area contributed by atoms with Gasteiger partial charge in [0.15, 0.2) is 0 Å². The van der Waals surface area contributed by atoms with Crippen LogP contribution in [0.1, 0.15) is 4.88 Å². The predicted octanol–water partition coefficient (Wildman–Crippen LogP) is 3.15. The first-order valence-electron chi connectivity index (χ1n) is 3.53. The highest BCUT2D eigenvalue weighted by atomic mass is 35.5. The lowest BCUT2D eigenvalue weighted by atomic mass is 10.4. The third kappa shape index (κ3) is 2.40. The summed E-state index contributed by atoms with van der Waals surface area (Å²) in [4.78, 5) is 1.07. The number of thiophene rings is 1. The van der Waals surface area contributed by atoms with Gasteiger partial charge in [-0.3, -0.25) is 0 Å². The summed E-state index contributed by atoms with van der Waals surface area (Å²) in [7, 11) is 0. The lowest BCUT2D eigenvalue weighted by Crippen LogP contribution is -2.09. The molecule has 0 saturated carbocycles. The van der Waals surface area contributed by atoms with E-state index in [1.54, 1.807) is 6.08 Å². The lowest BCUT2D eigenvalue weighted by Gasteiger charge is -2.03. The number of hydrogen-bond acceptors (Lipinski definition) is 2. The number of rotatable bonds is 4. The van der Waals surface area contributed by atoms with E-state index in [0.717, 1.165) is 21.5 Å². The minimum Gasteiger partial charge on any atom is -0.381 e. The van der Waals surface area contributed by atoms with E-state index in [2.05, 4.69) is 18.5 Å². The molecule has 0 saturated heterocycles. The van der Waals surface area contributed by atoms with Gasteiger partial charge in [-0.05, 0) is 12.1 Å². The van der Waals surface area contributed by atoms with Crippen LogP contribution in [0.15, 0.2) is 31.4 Å². The summed E-state index contributed by atoms with van der Waals surface area (Å²) in [6.45, 7) is 8.20. The van der Waals surface area contributed by atoms with Gasteiger partial charge in [-0.25, -0.2) is 0 Å². The van der Waals surface area contributed by atoms with Gasteiger partial charge in [0.1, 0.15) is 0 Å². The van der Waals surface area contributed by atoms with Crippen LogP contribution < -0.4 is 5.32 Å². The second-order valence-corrected chi connectivity index (χ2v) is 3.97. The van der Waals surface area contributed by atoms with Crippen LogP contribution in [0.25, 0.3) is 5.70 Å². The zero-order valence-corrected chi connectivity index (χ0v) is 8.21. The average molecular weight is 200 g/mol. The van der Waals surface area contributed by atoms with Crippen molar-refractivity contribution in [3.05, 3.63) is 40.6 Å². The van der Waals surface area contributed by atoms with Gasteiger partial charge in [0.25, 0.3) is 0 Å². The van der Waals surface area contributed by atoms with Gasteiger partial charge in [0, 0.05) is 12.2 Å². The summed E-state index contributed by atoms with van der Waals surface area (Å²) in [5, 5.41) is 3.10. The Morgan fingerprint density at radius 1 is 1.67 bits per heavy atom. The van der Waals surface area contributed by atoms with E-state index in [1.165, 1.54) is 11.3 Å². The van der Waals surface area contributed by atoms with Crippen molar-refractivity contribution in [2.45, 2.75) is 0 Å². The largest absolute Gasteiger partial charge is 0.381 e. The van der Waals surface area contributed by atoms with Crippen LogP contribution in [0.3, 0.4) is 0 Å². The molecular formula is C9H10ClNS. The van der Waals surface area contributed by atoms with E-state index >= 15 is 0 Å². The molecule has 0 radical (unpaired) electrons. The van der Waals surface area contributed by atoms with Gasteiger partial charge in [0.05, 0.1) is 9.21 Å². The highest BCUT2D eigenvalue weighted by Crippen LogP contribution is 2.25. The fourth-order valence-electron chi connectivity index (χ4n) is 0.759. The second-order valence-electron chi connectivity index (χ2n) is 2.25. The van der Waals surface area contributed by atoms with Crippen molar-refractivity contribution in [3.63, 3.8) is 0 Å². The van der Waals surface area contributed by atoms with Crippen LogP contribution in [0.2, 0.25) is 4.34 Å². The van der Waals surface area contributed by atoms with Crippen molar-refractivity contribution in [2.24, 2.45) is 0 Å². The molecule has 0 aliphatic carbocycles. The first-order valence-corrected chi connectivity index (χ1v) is 4.73. The summed E-state index contributed by atoms with van der Waals surface area (Å²) >= 11 is 7.28. The molecular weight excluding hydrogens is 190 g/mol. The van der Waals surface area contributed by atoms with Gasteiger partial charge in [0.2, 0.25) is 0 Å². The van der Waals surface area contributed by atoms with Gasteiger partial charge in [-0.15, -0.1) is 17.9 Å². The molecule has 0 unspecified atom stereocenters. The maximum atomic E-state index is 5.77. The molecule has 1 N–H and O–H groups in total. The topological polar surface area (TPSA) is 12.0 Å². The van der Waals surface area contributed by atoms with Gasteiger partial charge < -0.3 is 5.32 Å². The van der Waals surface area contributed by atoms with Crippen LogP contribution in [0, 0.1) is 0 Å². The van der Waals surface area contributed by atoms with E-state index in [4.69, 9.17) is 11.6 Å². The summed E-state index contributed by atoms with van der Waals surface area (Å²) < 4.78 is 0.784. The fraction of sp³-hybridized carbons (Fsp3) is 0.111. The van der Waals surface area contributed by atoms with Gasteiger partial charge >= 0.3 is 0 Å². The number of halogens is 1. The Hall–Kier alpha value is -0.730. The second kappa shape index (κ2) is 4.33. The van der Waals surface area contributed by atoms with Crippen LogP contribution in [-0.2, 0) is 0 Å². The molecule has 3 heteroatoms. The molecule has 1 aromatic heterocycles. The maximum Gasteiger partial charge on any atom is 0.0935 e. The Bertz CT molecular complexity index is 290. The standard InChI is InChI=1S/C9H10ClNS/c1-3-6-11-7(2)8-4-5-9(10)12-8/h3-5,11H,1-2,6H2. The molecule has 0 aliphatic heterocycles. The van der Waals surface area contributed by atoms with Crippen LogP contribution in [-0.4, -0.2) is 6.54 Å². The Balaban J connectivity index is 2.59. The minimum atomic E-state index is 0.731. The molecule has 1 aromatic rings. The quantitative estimate of drug-likeness (QED) is 0.735. The van der Waals surface area contributed by atoms with Crippen molar-refractivity contribution in [3.8, 4) is 0 Å². The smallest absolute Gasteiger partial charge is 0.0935 e. The monoisotopic (exact) mass is 199 g/mol. The molecule has 1 heterocycles. The van der Waals surface area contributed by atoms with Crippen LogP contribution in [0.5, 0.6) is 0 Å². The van der Waals surface area contributed by atoms with Crippen molar-refractivity contribution in [1.82, 2.24) is 5.32 Å². The van der Waals surface area contributed by atoms with Crippen molar-refractivity contribution >= 4 is 28.6 Å². The number of hydrogen-bond donors (Lipinski definition) is 1. The molecule has 0 aliphatic rings. The maximum absolute atomic E-state index is 5.77. The van der Waals surface area contributed by atoms with Crippen molar-refractivity contribution in [2.75, 3.05) is 6.54 Å². The van der Waals surface area contributed by atoms with E-state index in [9.17, 15) is 0 Å². The fourth-order valence-corrected chi connectivity index (χ4v) is 1.75. The molecule has 64 valence electrons. The third-order valence-electron chi connectivity index (χ3n) is 1.33. The Labute approximate surface area is 81.4 Å². The Morgan fingerprint density at radius 3 is 2.92 bits per heavy atom. The molecule has 12 heavy (non-hydrogen) atoms. The Morgan fingerprint density at radius 2 is 2.42 bits per heavy atom. The minimum absolute atomic E-state index is 0.731. The highest BCUT2D eigenvalue weighted by molar-refractivity contribution is 7.17. The molecule has 0 aromatic carbocycles. The molecule has 1 rings (SSSR count). The van der Waals surface area contributed by atoms with Crippen LogP contribution in [0.4, 0.5) is 0 Å². The average Bonchev–Trinajstić information content (AvgIpc) is 2.47. The first-order chi connectivity index (χ1) is 5.74. The zero-order chi connectivity index (χ0) is 8.97. The Kier molecular flexibility index (Phi) is 3.38. The summed E-state index contributed by atoms with van der Waals surface area (Å²) in [5.41, 5.74) is 0.895. The lowest BCUT2D eigenvalue weighted by molar-refractivity contribution is 1.02. The van der Waals surface area contributed by atoms with Crippen LogP contribution >= 0.6 is 22.9 Å². The summed E-state index contributed by atoms with van der Waals surface area (Å²) in [6, 6.07) is 3.81. The van der Waals surface area contributed by atoms with Crippen molar-refractivity contribution in [1.29, 1.82) is 0 Å². The highest BCUT2D eigenvalue weighted by Gasteiger charge is 2.00. The van der Waals surface area contributed by atoms with Gasteiger partial charge in [-0.1, -0.05) is 24.3 Å². The van der Waals surface area contributed by atoms with E-state index in [0.29, 0.717) is 0 Å². The third-order valence-corrected chi connectivity index (χ3v) is 2.62. The number of nitrogens with one attached hydrogen (secondary N) is 1. The molecule has 0 spiro atoms. The van der Waals surface area contributed by atoms with E-state index in [-0.39, 0.29) is 0 Å². The first kappa shape index (κ1) is 9.36. The SMILES string of the molecule is C=CCNC(=C)c1ccc(Cl)s1. The molecule has 0 bridgehead atoms. The van der Waals surface area contributed by atoms with Gasteiger partial charge in [-0.2, -0.15) is 0 Å². The predicted molar refractivity (Wildman–Crippen MR) is 56.6 cm³/mol. The van der Waals surface area contributed by atoms with E-state index in [1.807, 2.05) is 12.1 Å². The zero-order valence-electron chi connectivity index (χ0n) is 6.64. The molecule has 0 atom stereocenters. The van der Waals surface area contributed by atoms with Crippen molar-refractivity contribution < 1.29 is 0 Å². The van der Waals surface area contributed by atoms with E-state index < -0.39 is 0 Å². The summed E-state index contributed by atoms with van der Waals surface area (Å²) in [5.74, 6) is 0. The normalized spacial score (nSPS) is 9.42. The molecule has 0 fully saturated rings.